The van der Waals surface area contributed by atoms with Crippen LogP contribution in [-0.2, 0) is 4.79 Å². The minimum absolute atomic E-state index is 0. The molecule has 0 N–H and O–H groups in total. The molecule has 3 heterocycles. The van der Waals surface area contributed by atoms with Crippen molar-refractivity contribution in [1.29, 1.82) is 0 Å². The van der Waals surface area contributed by atoms with Crippen molar-refractivity contribution in [2.45, 2.75) is 17.8 Å². The van der Waals surface area contributed by atoms with Crippen LogP contribution in [0.4, 0.5) is 0 Å². The second-order valence-electron chi connectivity index (χ2n) is 3.05. The first-order valence-corrected chi connectivity index (χ1v) is 4.62. The van der Waals surface area contributed by atoms with Gasteiger partial charge in [0, 0.05) is 19.0 Å². The number of rotatable bonds is 0. The van der Waals surface area contributed by atoms with E-state index < -0.39 is 0 Å². The third-order valence-electron chi connectivity index (χ3n) is 2.49. The normalized spacial score (nSPS) is 41.9. The van der Waals surface area contributed by atoms with Gasteiger partial charge in [0.05, 0.1) is 0 Å². The van der Waals surface area contributed by atoms with E-state index in [9.17, 15) is 4.79 Å². The summed E-state index contributed by atoms with van der Waals surface area (Å²) in [5, 5.41) is 0. The quantitative estimate of drug-likeness (QED) is 0.497. The second-order valence-corrected chi connectivity index (χ2v) is 3.92. The lowest BCUT2D eigenvalue weighted by atomic mass is 9.87. The van der Waals surface area contributed by atoms with Gasteiger partial charge in [-0.05, 0) is 12.8 Å². The fourth-order valence-corrected chi connectivity index (χ4v) is 2.57. The molecule has 11 heavy (non-hydrogen) atoms. The topological polar surface area (TPSA) is 20.3 Å². The summed E-state index contributed by atoms with van der Waals surface area (Å²) in [6.45, 7) is 2.21. The number of Topliss-reactive ketones (excluding diaryl/α,β-unsaturated/α-hetero) is 1. The smallest absolute Gasteiger partial charge is 0.163 e. The van der Waals surface area contributed by atoms with E-state index in [-0.39, 0.29) is 21.9 Å². The van der Waals surface area contributed by atoms with E-state index in [1.807, 2.05) is 0 Å². The van der Waals surface area contributed by atoms with Crippen LogP contribution in [0.15, 0.2) is 0 Å². The Balaban J connectivity index is 0.000000605. The molecule has 0 aromatic carbocycles. The Labute approximate surface area is 85.2 Å². The highest BCUT2D eigenvalue weighted by atomic mass is 79.9. The van der Waals surface area contributed by atoms with Crippen LogP contribution in [0.3, 0.4) is 0 Å². The summed E-state index contributed by atoms with van der Waals surface area (Å²) in [6, 6.07) is 0. The predicted octanol–water partition coefficient (Wildman–Crippen LogP) is 1.58. The van der Waals surface area contributed by atoms with Crippen molar-refractivity contribution in [1.82, 2.24) is 4.90 Å². The van der Waals surface area contributed by atoms with E-state index in [1.165, 1.54) is 0 Å². The Morgan fingerprint density at radius 3 is 2.18 bits per heavy atom. The Morgan fingerprint density at radius 1 is 1.36 bits per heavy atom. The Bertz CT molecular complexity index is 162. The Kier molecular flexibility index (Phi) is 3.11. The average molecular weight is 285 g/mol. The van der Waals surface area contributed by atoms with E-state index >= 15 is 0 Å². The van der Waals surface area contributed by atoms with Gasteiger partial charge in [0.1, 0.15) is 4.95 Å². The molecule has 3 aliphatic heterocycles. The zero-order valence-corrected chi connectivity index (χ0v) is 9.42. The SMILES string of the molecule is Br.O=C1C2CCN(CC2)C1Br. The van der Waals surface area contributed by atoms with Gasteiger partial charge in [0.15, 0.2) is 5.78 Å². The van der Waals surface area contributed by atoms with Gasteiger partial charge in [-0.2, -0.15) is 0 Å². The van der Waals surface area contributed by atoms with Crippen molar-refractivity contribution >= 4 is 38.7 Å². The lowest BCUT2D eigenvalue weighted by molar-refractivity contribution is -0.131. The number of piperidine rings is 3. The highest BCUT2D eigenvalue weighted by molar-refractivity contribution is 9.09. The number of hydrogen-bond donors (Lipinski definition) is 0. The number of fused-ring (bicyclic) bond motifs is 3. The standard InChI is InChI=1S/C7H10BrNO.BrH/c8-7-6(10)5-1-3-9(7)4-2-5;/h5,7H,1-4H2;1H. The van der Waals surface area contributed by atoms with E-state index in [0.29, 0.717) is 11.7 Å². The molecule has 4 heteroatoms. The predicted molar refractivity (Wildman–Crippen MR) is 52.3 cm³/mol. The van der Waals surface area contributed by atoms with Crippen molar-refractivity contribution in [2.75, 3.05) is 13.1 Å². The molecule has 0 saturated carbocycles. The maximum atomic E-state index is 11.3. The third kappa shape index (κ3) is 1.53. The van der Waals surface area contributed by atoms with Crippen LogP contribution in [0.1, 0.15) is 12.8 Å². The number of carbonyl (C=O) groups is 1. The van der Waals surface area contributed by atoms with Crippen LogP contribution >= 0.6 is 32.9 Å². The summed E-state index contributed by atoms with van der Waals surface area (Å²) in [6.07, 6.45) is 2.17. The van der Waals surface area contributed by atoms with Crippen molar-refractivity contribution in [3.05, 3.63) is 0 Å². The molecule has 3 aliphatic rings. The van der Waals surface area contributed by atoms with Gasteiger partial charge in [-0.15, -0.1) is 17.0 Å². The van der Waals surface area contributed by atoms with E-state index in [0.717, 1.165) is 25.9 Å². The number of alkyl halides is 1. The number of nitrogens with zero attached hydrogens (tertiary/aromatic N) is 1. The number of hydrogen-bond acceptors (Lipinski definition) is 2. The van der Waals surface area contributed by atoms with Crippen molar-refractivity contribution in [3.63, 3.8) is 0 Å². The molecule has 3 rings (SSSR count). The molecule has 0 amide bonds. The van der Waals surface area contributed by atoms with Gasteiger partial charge >= 0.3 is 0 Å². The largest absolute Gasteiger partial charge is 0.297 e. The maximum absolute atomic E-state index is 11.3. The Hall–Kier alpha value is 0.590. The Morgan fingerprint density at radius 2 is 1.91 bits per heavy atom. The maximum Gasteiger partial charge on any atom is 0.163 e. The zero-order valence-electron chi connectivity index (χ0n) is 6.12. The lowest BCUT2D eigenvalue weighted by Crippen LogP contribution is -2.52. The number of halogens is 2. The minimum Gasteiger partial charge on any atom is -0.297 e. The second kappa shape index (κ2) is 3.54. The van der Waals surface area contributed by atoms with Gasteiger partial charge in [0.2, 0.25) is 0 Å². The monoisotopic (exact) mass is 283 g/mol. The molecular formula is C7H11Br2NO. The summed E-state index contributed by atoms with van der Waals surface area (Å²) in [5.41, 5.74) is 0. The summed E-state index contributed by atoms with van der Waals surface area (Å²) in [5.74, 6) is 0.770. The molecule has 0 aromatic heterocycles. The van der Waals surface area contributed by atoms with Crippen molar-refractivity contribution in [2.24, 2.45) is 5.92 Å². The van der Waals surface area contributed by atoms with Crippen LogP contribution in [0.5, 0.6) is 0 Å². The highest BCUT2D eigenvalue weighted by Crippen LogP contribution is 2.31. The van der Waals surface area contributed by atoms with Gasteiger partial charge in [0.25, 0.3) is 0 Å². The van der Waals surface area contributed by atoms with Crippen LogP contribution in [0.25, 0.3) is 0 Å². The van der Waals surface area contributed by atoms with Gasteiger partial charge < -0.3 is 0 Å². The van der Waals surface area contributed by atoms with Crippen LogP contribution < -0.4 is 0 Å². The van der Waals surface area contributed by atoms with E-state index in [4.69, 9.17) is 0 Å². The fraction of sp³-hybridized carbons (Fsp3) is 0.857. The molecule has 1 atom stereocenters. The number of ketones is 1. The molecule has 64 valence electrons. The molecule has 0 spiro atoms. The van der Waals surface area contributed by atoms with Crippen molar-refractivity contribution in [3.8, 4) is 0 Å². The molecule has 3 saturated heterocycles. The van der Waals surface area contributed by atoms with Crippen LogP contribution in [0, 0.1) is 5.92 Å². The van der Waals surface area contributed by atoms with Crippen LogP contribution in [0.2, 0.25) is 0 Å². The first-order chi connectivity index (χ1) is 4.79. The highest BCUT2D eigenvalue weighted by Gasteiger charge is 2.39. The molecule has 2 nitrogen and oxygen atoms in total. The molecule has 3 fully saturated rings. The van der Waals surface area contributed by atoms with E-state index in [2.05, 4.69) is 20.8 Å². The summed E-state index contributed by atoms with van der Waals surface area (Å²) in [7, 11) is 0. The van der Waals surface area contributed by atoms with Gasteiger partial charge in [-0.1, -0.05) is 15.9 Å². The molecule has 0 radical (unpaired) electrons. The average Bonchev–Trinajstić information content (AvgIpc) is 2.00. The first-order valence-electron chi connectivity index (χ1n) is 3.71. The molecule has 1 unspecified atom stereocenters. The number of carbonyl (C=O) groups excluding carboxylic acids is 1. The lowest BCUT2D eigenvalue weighted by Gasteiger charge is -2.41. The van der Waals surface area contributed by atoms with Gasteiger partial charge in [-0.3, -0.25) is 9.69 Å². The third-order valence-corrected chi connectivity index (χ3v) is 3.52. The zero-order chi connectivity index (χ0) is 7.14. The molecule has 0 aliphatic carbocycles. The summed E-state index contributed by atoms with van der Waals surface area (Å²) < 4.78 is 0. The van der Waals surface area contributed by atoms with Gasteiger partial charge in [-0.25, -0.2) is 0 Å². The van der Waals surface area contributed by atoms with E-state index in [1.54, 1.807) is 0 Å². The van der Waals surface area contributed by atoms with Crippen molar-refractivity contribution < 1.29 is 4.79 Å². The minimum atomic E-state index is 0. The molecule has 2 bridgehead atoms. The molecule has 0 aromatic rings. The summed E-state index contributed by atoms with van der Waals surface area (Å²) >= 11 is 3.39. The first kappa shape index (κ1) is 9.68. The fourth-order valence-electron chi connectivity index (χ4n) is 1.79. The van der Waals surface area contributed by atoms with Crippen LogP contribution in [-0.4, -0.2) is 28.7 Å². The molecular weight excluding hydrogens is 274 g/mol. The summed E-state index contributed by atoms with van der Waals surface area (Å²) in [4.78, 5) is 13.6.